The molecule has 0 aromatic heterocycles. The van der Waals surface area contributed by atoms with Crippen molar-refractivity contribution < 1.29 is 0 Å². The molecule has 0 atom stereocenters. The van der Waals surface area contributed by atoms with Crippen LogP contribution in [0.1, 0.15) is 6.92 Å². The van der Waals surface area contributed by atoms with Crippen LogP contribution in [0.5, 0.6) is 0 Å². The molecule has 0 saturated heterocycles. The van der Waals surface area contributed by atoms with Crippen LogP contribution in [0.2, 0.25) is 0 Å². The Bertz CT molecular complexity index is 84.2. The molecule has 1 aliphatic heterocycles. The van der Waals surface area contributed by atoms with Gasteiger partial charge in [0, 0.05) is 6.54 Å². The van der Waals surface area contributed by atoms with E-state index in [4.69, 9.17) is 5.73 Å². The summed E-state index contributed by atoms with van der Waals surface area (Å²) in [6.07, 6.45) is 0. The second-order valence-electron chi connectivity index (χ2n) is 1.62. The quantitative estimate of drug-likeness (QED) is 0.541. The Hall–Kier alpha value is -0.150. The van der Waals surface area contributed by atoms with Crippen molar-refractivity contribution in [1.82, 2.24) is 0 Å². The zero-order chi connectivity index (χ0) is 4.62. The van der Waals surface area contributed by atoms with Crippen LogP contribution in [0.15, 0.2) is 10.2 Å². The van der Waals surface area contributed by atoms with Gasteiger partial charge in [-0.1, -0.05) is 0 Å². The number of rotatable bonds is 1. The largest absolute Gasteiger partial charge is 0.326 e. The summed E-state index contributed by atoms with van der Waals surface area (Å²) in [5, 5.41) is 7.31. The summed E-state index contributed by atoms with van der Waals surface area (Å²) >= 11 is 0. The van der Waals surface area contributed by atoms with Gasteiger partial charge in [-0.3, -0.25) is 0 Å². The van der Waals surface area contributed by atoms with E-state index < -0.39 is 0 Å². The van der Waals surface area contributed by atoms with Gasteiger partial charge in [0.05, 0.1) is 0 Å². The van der Waals surface area contributed by atoms with E-state index >= 15 is 0 Å². The Morgan fingerprint density at radius 3 is 2.00 bits per heavy atom. The predicted octanol–water partition coefficient (Wildman–Crippen LogP) is 0.549. The minimum absolute atomic E-state index is 0. The standard InChI is InChI=1S/C3H7N3.ClH/c1-3(2-4)5-6-3;/h2,4H2,1H3;1H. The van der Waals surface area contributed by atoms with Crippen molar-refractivity contribution in [1.29, 1.82) is 0 Å². The van der Waals surface area contributed by atoms with E-state index in [1.165, 1.54) is 0 Å². The van der Waals surface area contributed by atoms with Gasteiger partial charge in [-0.15, -0.1) is 12.4 Å². The van der Waals surface area contributed by atoms with Crippen LogP contribution in [0, 0.1) is 0 Å². The molecule has 4 heteroatoms. The highest BCUT2D eigenvalue weighted by Crippen LogP contribution is 2.23. The van der Waals surface area contributed by atoms with Gasteiger partial charge < -0.3 is 5.73 Å². The second-order valence-corrected chi connectivity index (χ2v) is 1.62. The molecule has 0 amide bonds. The van der Waals surface area contributed by atoms with Gasteiger partial charge in [0.15, 0.2) is 5.66 Å². The van der Waals surface area contributed by atoms with Crippen molar-refractivity contribution >= 4 is 12.4 Å². The van der Waals surface area contributed by atoms with Crippen molar-refractivity contribution in [2.45, 2.75) is 12.6 Å². The number of nitrogens with zero attached hydrogens (tertiary/aromatic N) is 2. The zero-order valence-corrected chi connectivity index (χ0v) is 4.90. The summed E-state index contributed by atoms with van der Waals surface area (Å²) in [6.45, 7) is 2.44. The summed E-state index contributed by atoms with van der Waals surface area (Å²) in [5.41, 5.74) is 5.00. The highest BCUT2D eigenvalue weighted by molar-refractivity contribution is 5.85. The van der Waals surface area contributed by atoms with E-state index in [0.29, 0.717) is 6.54 Å². The van der Waals surface area contributed by atoms with E-state index in [0.717, 1.165) is 0 Å². The van der Waals surface area contributed by atoms with Crippen LogP contribution in [0.4, 0.5) is 0 Å². The van der Waals surface area contributed by atoms with E-state index in [1.54, 1.807) is 0 Å². The SMILES string of the molecule is CC1(CN)N=N1.Cl. The van der Waals surface area contributed by atoms with E-state index in [9.17, 15) is 0 Å². The van der Waals surface area contributed by atoms with Crippen molar-refractivity contribution in [3.05, 3.63) is 0 Å². The number of hydrogen-bond acceptors (Lipinski definition) is 3. The Balaban J connectivity index is 0.000000360. The Morgan fingerprint density at radius 2 is 2.00 bits per heavy atom. The van der Waals surface area contributed by atoms with Crippen LogP contribution in [-0.4, -0.2) is 12.2 Å². The third-order valence-corrected chi connectivity index (χ3v) is 0.828. The Kier molecular flexibility index (Phi) is 1.72. The third-order valence-electron chi connectivity index (χ3n) is 0.828. The molecule has 0 aromatic rings. The molecule has 7 heavy (non-hydrogen) atoms. The first-order valence-electron chi connectivity index (χ1n) is 1.91. The van der Waals surface area contributed by atoms with Gasteiger partial charge in [-0.2, -0.15) is 10.2 Å². The van der Waals surface area contributed by atoms with Crippen LogP contribution in [0.25, 0.3) is 0 Å². The van der Waals surface area contributed by atoms with Gasteiger partial charge in [0.2, 0.25) is 0 Å². The van der Waals surface area contributed by atoms with Gasteiger partial charge >= 0.3 is 0 Å². The molecule has 1 heterocycles. The number of halogens is 1. The lowest BCUT2D eigenvalue weighted by Crippen LogP contribution is -2.18. The second kappa shape index (κ2) is 1.76. The molecule has 1 rings (SSSR count). The molecule has 0 saturated carbocycles. The molecule has 2 N–H and O–H groups in total. The molecule has 0 bridgehead atoms. The summed E-state index contributed by atoms with van der Waals surface area (Å²) < 4.78 is 0. The first-order chi connectivity index (χ1) is 2.77. The minimum atomic E-state index is -0.181. The first kappa shape index (κ1) is 6.85. The lowest BCUT2D eigenvalue weighted by Gasteiger charge is -1.90. The van der Waals surface area contributed by atoms with E-state index in [1.807, 2.05) is 6.92 Å². The molecular weight excluding hydrogens is 114 g/mol. The zero-order valence-electron chi connectivity index (χ0n) is 4.09. The molecule has 0 unspecified atom stereocenters. The smallest absolute Gasteiger partial charge is 0.200 e. The van der Waals surface area contributed by atoms with E-state index in [2.05, 4.69) is 10.2 Å². The molecule has 1 aliphatic rings. The van der Waals surface area contributed by atoms with Gasteiger partial charge in [-0.25, -0.2) is 0 Å². The van der Waals surface area contributed by atoms with E-state index in [-0.39, 0.29) is 18.1 Å². The van der Waals surface area contributed by atoms with Crippen molar-refractivity contribution in [3.63, 3.8) is 0 Å². The summed E-state index contributed by atoms with van der Waals surface area (Å²) in [4.78, 5) is 0. The molecule has 3 nitrogen and oxygen atoms in total. The molecule has 42 valence electrons. The molecule has 0 aromatic carbocycles. The molecular formula is C3H8ClN3. The molecule has 0 spiro atoms. The maximum atomic E-state index is 5.18. The van der Waals surface area contributed by atoms with Crippen LogP contribution >= 0.6 is 12.4 Å². The average Bonchev–Trinajstić information content (AvgIpc) is 2.22. The van der Waals surface area contributed by atoms with Gasteiger partial charge in [0.1, 0.15) is 0 Å². The monoisotopic (exact) mass is 121 g/mol. The summed E-state index contributed by atoms with van der Waals surface area (Å²) in [6, 6.07) is 0. The third kappa shape index (κ3) is 1.41. The summed E-state index contributed by atoms with van der Waals surface area (Å²) in [5.74, 6) is 0. The van der Waals surface area contributed by atoms with Gasteiger partial charge in [-0.05, 0) is 6.92 Å². The van der Waals surface area contributed by atoms with Gasteiger partial charge in [0.25, 0.3) is 0 Å². The Labute approximate surface area is 48.4 Å². The fraction of sp³-hybridized carbons (Fsp3) is 1.00. The fourth-order valence-electron chi connectivity index (χ4n) is 0.167. The van der Waals surface area contributed by atoms with Crippen LogP contribution in [-0.2, 0) is 0 Å². The number of nitrogens with two attached hydrogens (primary N) is 1. The Morgan fingerprint density at radius 1 is 1.57 bits per heavy atom. The van der Waals surface area contributed by atoms with Crippen LogP contribution in [0.3, 0.4) is 0 Å². The topological polar surface area (TPSA) is 50.7 Å². The average molecular weight is 122 g/mol. The predicted molar refractivity (Wildman–Crippen MR) is 29.6 cm³/mol. The highest BCUT2D eigenvalue weighted by atomic mass is 35.5. The molecule has 0 fully saturated rings. The summed E-state index contributed by atoms with van der Waals surface area (Å²) in [7, 11) is 0. The maximum absolute atomic E-state index is 5.18. The number of hydrogen-bond donors (Lipinski definition) is 1. The fourth-order valence-corrected chi connectivity index (χ4v) is 0.167. The lowest BCUT2D eigenvalue weighted by molar-refractivity contribution is 0.678. The normalized spacial score (nSPS) is 20.9. The van der Waals surface area contributed by atoms with Crippen molar-refractivity contribution in [2.75, 3.05) is 6.54 Å². The minimum Gasteiger partial charge on any atom is -0.326 e. The molecule has 0 aliphatic carbocycles. The van der Waals surface area contributed by atoms with Crippen molar-refractivity contribution in [3.8, 4) is 0 Å². The lowest BCUT2D eigenvalue weighted by atomic mass is 10.3. The first-order valence-corrected chi connectivity index (χ1v) is 1.91. The maximum Gasteiger partial charge on any atom is 0.200 e. The van der Waals surface area contributed by atoms with Crippen molar-refractivity contribution in [2.24, 2.45) is 16.0 Å². The highest BCUT2D eigenvalue weighted by Gasteiger charge is 2.30. The molecule has 0 radical (unpaired) electrons. The van der Waals surface area contributed by atoms with Crippen LogP contribution < -0.4 is 5.73 Å².